The Hall–Kier alpha value is -1.42. The minimum Gasteiger partial charge on any atom is -0.481 e. The first kappa shape index (κ1) is 10.1. The highest BCUT2D eigenvalue weighted by atomic mass is 16.4. The van der Waals surface area contributed by atoms with Crippen molar-refractivity contribution in [3.05, 3.63) is 29.6 Å². The van der Waals surface area contributed by atoms with Gasteiger partial charge < -0.3 is 10.8 Å². The van der Waals surface area contributed by atoms with Gasteiger partial charge in [0, 0.05) is 17.9 Å². The van der Waals surface area contributed by atoms with Crippen LogP contribution in [0.5, 0.6) is 0 Å². The molecule has 0 aliphatic heterocycles. The van der Waals surface area contributed by atoms with E-state index in [9.17, 15) is 9.90 Å². The number of carboxylic acid groups (broad SMARTS) is 1. The summed E-state index contributed by atoms with van der Waals surface area (Å²) in [6, 6.07) is 3.68. The summed E-state index contributed by atoms with van der Waals surface area (Å²) in [7, 11) is 0. The minimum absolute atomic E-state index is 0.00223. The SMILES string of the molecule is Cc1ccc(C2(C(=O)O)CC(N)C2)cn1. The molecule has 3 N–H and O–H groups in total. The lowest BCUT2D eigenvalue weighted by atomic mass is 9.62. The first-order valence-electron chi connectivity index (χ1n) is 4.97. The number of hydrogen-bond acceptors (Lipinski definition) is 3. The molecule has 0 amide bonds. The number of nitrogens with two attached hydrogens (primary N) is 1. The Morgan fingerprint density at radius 2 is 2.27 bits per heavy atom. The van der Waals surface area contributed by atoms with Gasteiger partial charge in [0.25, 0.3) is 0 Å². The van der Waals surface area contributed by atoms with Crippen LogP contribution < -0.4 is 5.73 Å². The van der Waals surface area contributed by atoms with Crippen LogP contribution in [0.4, 0.5) is 0 Å². The van der Waals surface area contributed by atoms with Gasteiger partial charge in [-0.3, -0.25) is 9.78 Å². The van der Waals surface area contributed by atoms with E-state index in [1.165, 1.54) is 0 Å². The van der Waals surface area contributed by atoms with Gasteiger partial charge in [0.1, 0.15) is 0 Å². The molecule has 1 fully saturated rings. The van der Waals surface area contributed by atoms with E-state index in [1.54, 1.807) is 6.20 Å². The predicted molar refractivity (Wildman–Crippen MR) is 55.5 cm³/mol. The maximum Gasteiger partial charge on any atom is 0.314 e. The highest BCUT2D eigenvalue weighted by Crippen LogP contribution is 2.42. The van der Waals surface area contributed by atoms with Crippen LogP contribution in [0.15, 0.2) is 18.3 Å². The fourth-order valence-electron chi connectivity index (χ4n) is 2.12. The van der Waals surface area contributed by atoms with Crippen molar-refractivity contribution in [2.75, 3.05) is 0 Å². The summed E-state index contributed by atoms with van der Waals surface area (Å²) < 4.78 is 0. The summed E-state index contributed by atoms with van der Waals surface area (Å²) in [6.07, 6.45) is 2.66. The molecule has 1 heterocycles. The summed E-state index contributed by atoms with van der Waals surface area (Å²) >= 11 is 0. The third kappa shape index (κ3) is 1.51. The number of carboxylic acids is 1. The monoisotopic (exact) mass is 206 g/mol. The molecule has 1 aromatic heterocycles. The Bertz CT molecular complexity index is 380. The molecule has 0 unspecified atom stereocenters. The highest BCUT2D eigenvalue weighted by Gasteiger charge is 2.50. The van der Waals surface area contributed by atoms with Crippen LogP contribution in [0.3, 0.4) is 0 Å². The Morgan fingerprint density at radius 1 is 1.60 bits per heavy atom. The van der Waals surface area contributed by atoms with E-state index in [4.69, 9.17) is 5.73 Å². The smallest absolute Gasteiger partial charge is 0.314 e. The van der Waals surface area contributed by atoms with Crippen molar-refractivity contribution >= 4 is 5.97 Å². The van der Waals surface area contributed by atoms with Gasteiger partial charge in [-0.25, -0.2) is 0 Å². The normalized spacial score (nSPS) is 29.6. The van der Waals surface area contributed by atoms with Crippen LogP contribution in [0, 0.1) is 6.92 Å². The molecule has 1 aliphatic carbocycles. The summed E-state index contributed by atoms with van der Waals surface area (Å²) in [5.74, 6) is -0.796. The molecule has 1 aromatic rings. The number of carbonyl (C=O) groups is 1. The predicted octanol–water partition coefficient (Wildman–Crippen LogP) is 0.834. The Balaban J connectivity index is 2.34. The van der Waals surface area contributed by atoms with E-state index in [0.29, 0.717) is 12.8 Å². The molecule has 80 valence electrons. The van der Waals surface area contributed by atoms with Crippen molar-refractivity contribution in [3.63, 3.8) is 0 Å². The molecule has 0 spiro atoms. The maximum absolute atomic E-state index is 11.3. The first-order valence-corrected chi connectivity index (χ1v) is 4.97. The van der Waals surface area contributed by atoms with E-state index in [1.807, 2.05) is 19.1 Å². The molecule has 4 nitrogen and oxygen atoms in total. The molecule has 0 aromatic carbocycles. The Labute approximate surface area is 88.1 Å². The zero-order chi connectivity index (χ0) is 11.1. The van der Waals surface area contributed by atoms with Crippen LogP contribution in [0.25, 0.3) is 0 Å². The second-order valence-corrected chi connectivity index (χ2v) is 4.24. The number of nitrogens with zero attached hydrogens (tertiary/aromatic N) is 1. The molecule has 4 heteroatoms. The molecule has 1 saturated carbocycles. The first-order chi connectivity index (χ1) is 7.04. The summed E-state index contributed by atoms with van der Waals surface area (Å²) in [6.45, 7) is 1.88. The number of hydrogen-bond donors (Lipinski definition) is 2. The van der Waals surface area contributed by atoms with Crippen LogP contribution in [0.1, 0.15) is 24.1 Å². The lowest BCUT2D eigenvalue weighted by molar-refractivity contribution is -0.148. The van der Waals surface area contributed by atoms with Gasteiger partial charge in [-0.05, 0) is 31.4 Å². The molecule has 0 radical (unpaired) electrons. The minimum atomic E-state index is -0.796. The van der Waals surface area contributed by atoms with Crippen molar-refractivity contribution in [1.82, 2.24) is 4.98 Å². The average Bonchev–Trinajstić information content (AvgIpc) is 2.13. The second kappa shape index (κ2) is 3.31. The average molecular weight is 206 g/mol. The van der Waals surface area contributed by atoms with E-state index in [2.05, 4.69) is 4.98 Å². The van der Waals surface area contributed by atoms with Crippen molar-refractivity contribution in [2.24, 2.45) is 5.73 Å². The van der Waals surface area contributed by atoms with Gasteiger partial charge in [0.2, 0.25) is 0 Å². The third-order valence-electron chi connectivity index (χ3n) is 3.09. The molecule has 2 rings (SSSR count). The quantitative estimate of drug-likeness (QED) is 0.751. The fraction of sp³-hybridized carbons (Fsp3) is 0.455. The molecule has 15 heavy (non-hydrogen) atoms. The van der Waals surface area contributed by atoms with Gasteiger partial charge >= 0.3 is 5.97 Å². The van der Waals surface area contributed by atoms with Gasteiger partial charge in [-0.15, -0.1) is 0 Å². The maximum atomic E-state index is 11.3. The standard InChI is InChI=1S/C11H14N2O2/c1-7-2-3-8(6-13-7)11(10(14)15)4-9(12)5-11/h2-3,6,9H,4-5,12H2,1H3,(H,14,15). The van der Waals surface area contributed by atoms with E-state index >= 15 is 0 Å². The van der Waals surface area contributed by atoms with Crippen molar-refractivity contribution < 1.29 is 9.90 Å². The van der Waals surface area contributed by atoms with Gasteiger partial charge in [-0.1, -0.05) is 6.07 Å². The van der Waals surface area contributed by atoms with Crippen molar-refractivity contribution in [3.8, 4) is 0 Å². The molecular weight excluding hydrogens is 192 g/mol. The Kier molecular flexibility index (Phi) is 2.23. The number of aryl methyl sites for hydroxylation is 1. The summed E-state index contributed by atoms with van der Waals surface area (Å²) in [4.78, 5) is 15.4. The third-order valence-corrected chi connectivity index (χ3v) is 3.09. The Morgan fingerprint density at radius 3 is 2.67 bits per heavy atom. The van der Waals surface area contributed by atoms with Gasteiger partial charge in [-0.2, -0.15) is 0 Å². The molecule has 1 aliphatic rings. The number of pyridine rings is 1. The topological polar surface area (TPSA) is 76.2 Å². The summed E-state index contributed by atoms with van der Waals surface area (Å²) in [5.41, 5.74) is 6.54. The fourth-order valence-corrected chi connectivity index (χ4v) is 2.12. The molecular formula is C11H14N2O2. The van der Waals surface area contributed by atoms with Crippen LogP contribution in [0.2, 0.25) is 0 Å². The highest BCUT2D eigenvalue weighted by molar-refractivity contribution is 5.83. The van der Waals surface area contributed by atoms with Gasteiger partial charge in [0.15, 0.2) is 0 Å². The van der Waals surface area contributed by atoms with Crippen molar-refractivity contribution in [1.29, 1.82) is 0 Å². The van der Waals surface area contributed by atoms with Crippen LogP contribution in [-0.4, -0.2) is 22.1 Å². The van der Waals surface area contributed by atoms with E-state index in [0.717, 1.165) is 11.3 Å². The lowest BCUT2D eigenvalue weighted by Crippen LogP contribution is -2.54. The second-order valence-electron chi connectivity index (χ2n) is 4.24. The molecule has 0 atom stereocenters. The number of aromatic nitrogens is 1. The number of aliphatic carboxylic acids is 1. The molecule has 0 saturated heterocycles. The van der Waals surface area contributed by atoms with Gasteiger partial charge in [0.05, 0.1) is 5.41 Å². The lowest BCUT2D eigenvalue weighted by Gasteiger charge is -2.42. The number of rotatable bonds is 2. The zero-order valence-electron chi connectivity index (χ0n) is 8.60. The zero-order valence-corrected chi connectivity index (χ0v) is 8.60. The van der Waals surface area contributed by atoms with E-state index < -0.39 is 11.4 Å². The molecule has 0 bridgehead atoms. The van der Waals surface area contributed by atoms with E-state index in [-0.39, 0.29) is 6.04 Å². The van der Waals surface area contributed by atoms with Crippen LogP contribution >= 0.6 is 0 Å². The van der Waals surface area contributed by atoms with Crippen LogP contribution in [-0.2, 0) is 10.2 Å². The van der Waals surface area contributed by atoms with Crippen molar-refractivity contribution in [2.45, 2.75) is 31.2 Å². The largest absolute Gasteiger partial charge is 0.481 e. The summed E-state index contributed by atoms with van der Waals surface area (Å²) in [5, 5.41) is 9.24.